The van der Waals surface area contributed by atoms with Gasteiger partial charge in [0.1, 0.15) is 0 Å². The first-order valence-corrected chi connectivity index (χ1v) is 9.87. The number of halogens is 1. The van der Waals surface area contributed by atoms with Crippen molar-refractivity contribution in [3.8, 4) is 0 Å². The van der Waals surface area contributed by atoms with Gasteiger partial charge >= 0.3 is 30.0 Å². The van der Waals surface area contributed by atoms with Crippen molar-refractivity contribution in [1.29, 1.82) is 0 Å². The van der Waals surface area contributed by atoms with Crippen LogP contribution >= 0.6 is 13.6 Å². The van der Waals surface area contributed by atoms with Crippen LogP contribution in [-0.4, -0.2) is 12.6 Å². The van der Waals surface area contributed by atoms with E-state index in [0.717, 1.165) is 0 Å². The zero-order valence-electron chi connectivity index (χ0n) is 6.61. The van der Waals surface area contributed by atoms with E-state index in [1.54, 1.807) is 20.8 Å². The Hall–Kier alpha value is 0.443. The molecule has 2 nitrogen and oxygen atoms in total. The van der Waals surface area contributed by atoms with Crippen molar-refractivity contribution >= 4 is 19.6 Å². The van der Waals surface area contributed by atoms with E-state index in [-0.39, 0.29) is 5.97 Å². The average molecular weight is 260 g/mol. The van der Waals surface area contributed by atoms with Crippen LogP contribution < -0.4 is 0 Å². The van der Waals surface area contributed by atoms with Crippen LogP contribution in [0.4, 0.5) is 0 Å². The van der Waals surface area contributed by atoms with Crippen LogP contribution in [0.1, 0.15) is 20.8 Å². The normalized spacial score (nSPS) is 7.40. The van der Waals surface area contributed by atoms with Gasteiger partial charge in [0.2, 0.25) is 0 Å². The monoisotopic (exact) mass is 258 g/mol. The van der Waals surface area contributed by atoms with E-state index in [0.29, 0.717) is 12.5 Å². The molecule has 0 radical (unpaired) electrons. The predicted octanol–water partition coefficient (Wildman–Crippen LogP) is 2.01. The third-order valence-corrected chi connectivity index (χ3v) is 0.684. The third kappa shape index (κ3) is 8.44. The summed E-state index contributed by atoms with van der Waals surface area (Å²) in [5.74, 6) is 0.499. The SMILES string of the molecule is CCOC(=O)[C-](C)C.[Zn+][Br]. The van der Waals surface area contributed by atoms with E-state index in [4.69, 9.17) is 0 Å². The average Bonchev–Trinajstić information content (AvgIpc) is 1.93. The molecule has 4 heteroatoms. The van der Waals surface area contributed by atoms with Crippen LogP contribution in [0.2, 0.25) is 0 Å². The number of hydrogen-bond donors (Lipinski definition) is 0. The van der Waals surface area contributed by atoms with Crippen LogP contribution in [0.25, 0.3) is 0 Å². The maximum absolute atomic E-state index is 10.5. The Bertz CT molecular complexity index is 85.8. The topological polar surface area (TPSA) is 26.3 Å². The molecule has 0 aliphatic rings. The second-order valence-corrected chi connectivity index (χ2v) is 1.72. The van der Waals surface area contributed by atoms with E-state index < -0.39 is 0 Å². The molecule has 0 saturated heterocycles. The number of hydrogen-bond acceptors (Lipinski definition) is 2. The molecule has 0 saturated carbocycles. The van der Waals surface area contributed by atoms with Gasteiger partial charge in [0.15, 0.2) is 5.97 Å². The van der Waals surface area contributed by atoms with Gasteiger partial charge in [0.05, 0.1) is 6.61 Å². The summed E-state index contributed by atoms with van der Waals surface area (Å²) in [5.41, 5.74) is 0. The molecule has 0 aromatic heterocycles. The number of ether oxygens (including phenoxy) is 1. The van der Waals surface area contributed by atoms with Crippen LogP contribution in [0, 0.1) is 5.92 Å². The van der Waals surface area contributed by atoms with Gasteiger partial charge in [-0.05, 0) is 6.92 Å². The first kappa shape index (κ1) is 13.1. The number of carbonyl (C=O) groups is 1. The van der Waals surface area contributed by atoms with Crippen LogP contribution in [0.15, 0.2) is 0 Å². The van der Waals surface area contributed by atoms with Gasteiger partial charge in [-0.1, -0.05) is 0 Å². The van der Waals surface area contributed by atoms with Gasteiger partial charge < -0.3 is 4.74 Å². The zero-order chi connectivity index (χ0) is 8.57. The Morgan fingerprint density at radius 2 is 2.00 bits per heavy atom. The molecule has 0 spiro atoms. The van der Waals surface area contributed by atoms with E-state index in [1.807, 2.05) is 0 Å². The molecule has 0 atom stereocenters. The molecule has 0 amide bonds. The van der Waals surface area contributed by atoms with E-state index in [2.05, 4.69) is 18.4 Å². The van der Waals surface area contributed by atoms with Gasteiger partial charge in [0.25, 0.3) is 0 Å². The van der Waals surface area contributed by atoms with Crippen molar-refractivity contribution in [2.24, 2.45) is 0 Å². The van der Waals surface area contributed by atoms with Crippen molar-refractivity contribution in [2.75, 3.05) is 6.61 Å². The van der Waals surface area contributed by atoms with E-state index in [9.17, 15) is 4.79 Å². The summed E-state index contributed by atoms with van der Waals surface area (Å²) in [4.78, 5) is 10.5. The molecule has 0 N–H and O–H groups in total. The van der Waals surface area contributed by atoms with Crippen molar-refractivity contribution in [1.82, 2.24) is 0 Å². The minimum absolute atomic E-state index is 0.201. The zero-order valence-corrected chi connectivity index (χ0v) is 11.2. The molecule has 0 heterocycles. The van der Waals surface area contributed by atoms with Gasteiger partial charge in [-0.25, -0.2) is 0 Å². The van der Waals surface area contributed by atoms with E-state index in [1.165, 1.54) is 16.3 Å². The van der Waals surface area contributed by atoms with Crippen LogP contribution in [0.5, 0.6) is 0 Å². The standard InChI is InChI=1S/C6H11O2.BrH.Zn/c1-4-8-6(7)5(2)3;;/h4H2,1-3H3;1H;/q-1;;+2/p-1. The third-order valence-electron chi connectivity index (χ3n) is 0.684. The molecular formula is C6H11BrO2Zn. The molecule has 10 heavy (non-hydrogen) atoms. The van der Waals surface area contributed by atoms with E-state index >= 15 is 0 Å². The summed E-state index contributed by atoms with van der Waals surface area (Å²) in [6, 6.07) is 0. The first-order chi connectivity index (χ1) is 4.68. The van der Waals surface area contributed by atoms with Crippen LogP contribution in [-0.2, 0) is 25.9 Å². The predicted molar refractivity (Wildman–Crippen MR) is 40.2 cm³/mol. The summed E-state index contributed by atoms with van der Waals surface area (Å²) in [6.45, 7) is 5.72. The summed E-state index contributed by atoms with van der Waals surface area (Å²) in [7, 11) is 0. The molecule has 0 aliphatic carbocycles. The van der Waals surface area contributed by atoms with Crippen molar-refractivity contribution in [2.45, 2.75) is 20.8 Å². The van der Waals surface area contributed by atoms with Crippen molar-refractivity contribution < 1.29 is 25.9 Å². The van der Waals surface area contributed by atoms with Gasteiger partial charge in [0, 0.05) is 0 Å². The fourth-order valence-corrected chi connectivity index (χ4v) is 0.275. The Kier molecular flexibility index (Phi) is 12.3. The molecule has 0 aromatic carbocycles. The Morgan fingerprint density at radius 3 is 2.10 bits per heavy atom. The second kappa shape index (κ2) is 9.44. The summed E-state index contributed by atoms with van der Waals surface area (Å²) in [6.07, 6.45) is 0. The molecule has 0 aromatic rings. The van der Waals surface area contributed by atoms with Gasteiger partial charge in [-0.15, -0.1) is 0 Å². The molecule has 0 aliphatic heterocycles. The number of esters is 1. The fraction of sp³-hybridized carbons (Fsp3) is 0.667. The minimum atomic E-state index is -0.201. The Morgan fingerprint density at radius 1 is 1.60 bits per heavy atom. The summed E-state index contributed by atoms with van der Waals surface area (Å²) >= 11 is 4.25. The molecule has 56 valence electrons. The summed E-state index contributed by atoms with van der Waals surface area (Å²) in [5, 5.41) is 0. The number of rotatable bonds is 2. The van der Waals surface area contributed by atoms with Gasteiger partial charge in [-0.2, -0.15) is 13.8 Å². The molecule has 0 bridgehead atoms. The fourth-order valence-electron chi connectivity index (χ4n) is 0.275. The number of carbonyl (C=O) groups excluding carboxylic acids is 1. The first-order valence-electron chi connectivity index (χ1n) is 2.92. The van der Waals surface area contributed by atoms with Crippen molar-refractivity contribution in [3.05, 3.63) is 5.92 Å². The molecule has 0 fully saturated rings. The molecule has 0 rings (SSSR count). The second-order valence-electron chi connectivity index (χ2n) is 1.72. The molecule has 0 unspecified atom stereocenters. The quantitative estimate of drug-likeness (QED) is 0.431. The maximum atomic E-state index is 10.5. The van der Waals surface area contributed by atoms with Crippen molar-refractivity contribution in [3.63, 3.8) is 0 Å². The van der Waals surface area contributed by atoms with Gasteiger partial charge in [-0.3, -0.25) is 10.7 Å². The Labute approximate surface area is 78.7 Å². The Balaban J connectivity index is 0. The molecular weight excluding hydrogens is 249 g/mol. The van der Waals surface area contributed by atoms with Crippen LogP contribution in [0.3, 0.4) is 0 Å². The summed E-state index contributed by atoms with van der Waals surface area (Å²) < 4.78 is 4.63.